The Morgan fingerprint density at radius 3 is 2.72 bits per heavy atom. The van der Waals surface area contributed by atoms with Crippen LogP contribution in [-0.4, -0.2) is 31.6 Å². The van der Waals surface area contributed by atoms with E-state index in [4.69, 9.17) is 10.5 Å². The van der Waals surface area contributed by atoms with Gasteiger partial charge in [-0.1, -0.05) is 6.07 Å². The third-order valence-corrected chi connectivity index (χ3v) is 3.51. The molecule has 18 heavy (non-hydrogen) atoms. The SMILES string of the molecule is COc1ccc(CN(C)CC2CC(N)C2)cc1F. The molecule has 3 nitrogen and oxygen atoms in total. The highest BCUT2D eigenvalue weighted by atomic mass is 19.1. The fourth-order valence-corrected chi connectivity index (χ4v) is 2.56. The van der Waals surface area contributed by atoms with Crippen LogP contribution >= 0.6 is 0 Å². The molecule has 0 amide bonds. The van der Waals surface area contributed by atoms with Crippen LogP contribution < -0.4 is 10.5 Å². The Hall–Kier alpha value is -1.13. The maximum atomic E-state index is 13.5. The zero-order chi connectivity index (χ0) is 13.1. The molecule has 0 bridgehead atoms. The number of methoxy groups -OCH3 is 1. The Balaban J connectivity index is 1.86. The second-order valence-electron chi connectivity index (χ2n) is 5.26. The molecular formula is C14H21FN2O. The summed E-state index contributed by atoms with van der Waals surface area (Å²) in [5.41, 5.74) is 6.74. The Labute approximate surface area is 108 Å². The molecule has 100 valence electrons. The molecule has 0 aliphatic heterocycles. The predicted octanol–water partition coefficient (Wildman–Crippen LogP) is 2.00. The molecule has 0 spiro atoms. The molecular weight excluding hydrogens is 231 g/mol. The summed E-state index contributed by atoms with van der Waals surface area (Å²) in [5.74, 6) is 0.702. The minimum Gasteiger partial charge on any atom is -0.494 e. The van der Waals surface area contributed by atoms with Crippen molar-refractivity contribution in [3.05, 3.63) is 29.6 Å². The van der Waals surface area contributed by atoms with Gasteiger partial charge >= 0.3 is 0 Å². The van der Waals surface area contributed by atoms with Gasteiger partial charge in [0.1, 0.15) is 0 Å². The lowest BCUT2D eigenvalue weighted by Crippen LogP contribution is -2.41. The van der Waals surface area contributed by atoms with Crippen molar-refractivity contribution in [2.24, 2.45) is 11.7 Å². The molecule has 0 heterocycles. The van der Waals surface area contributed by atoms with Crippen LogP contribution in [-0.2, 0) is 6.54 Å². The zero-order valence-electron chi connectivity index (χ0n) is 11.0. The number of nitrogens with two attached hydrogens (primary N) is 1. The smallest absolute Gasteiger partial charge is 0.165 e. The van der Waals surface area contributed by atoms with Gasteiger partial charge in [-0.15, -0.1) is 0 Å². The van der Waals surface area contributed by atoms with E-state index in [0.717, 1.165) is 31.5 Å². The van der Waals surface area contributed by atoms with Gasteiger partial charge in [0.05, 0.1) is 7.11 Å². The van der Waals surface area contributed by atoms with Crippen LogP contribution in [0.1, 0.15) is 18.4 Å². The predicted molar refractivity (Wildman–Crippen MR) is 70.0 cm³/mol. The molecule has 1 aromatic rings. The molecule has 0 atom stereocenters. The van der Waals surface area contributed by atoms with E-state index in [2.05, 4.69) is 11.9 Å². The number of nitrogens with zero attached hydrogens (tertiary/aromatic N) is 1. The summed E-state index contributed by atoms with van der Waals surface area (Å²) in [4.78, 5) is 2.22. The number of halogens is 1. The van der Waals surface area contributed by atoms with Crippen LogP contribution in [0, 0.1) is 11.7 Å². The summed E-state index contributed by atoms with van der Waals surface area (Å²) in [7, 11) is 3.54. The van der Waals surface area contributed by atoms with Crippen molar-refractivity contribution < 1.29 is 9.13 Å². The van der Waals surface area contributed by atoms with E-state index in [1.165, 1.54) is 7.11 Å². The third-order valence-electron chi connectivity index (χ3n) is 3.51. The minimum absolute atomic E-state index is 0.297. The van der Waals surface area contributed by atoms with E-state index < -0.39 is 0 Å². The van der Waals surface area contributed by atoms with Gasteiger partial charge in [-0.05, 0) is 43.5 Å². The normalized spacial score (nSPS) is 22.9. The van der Waals surface area contributed by atoms with Gasteiger partial charge in [0.25, 0.3) is 0 Å². The Kier molecular flexibility index (Phi) is 4.19. The van der Waals surface area contributed by atoms with Crippen molar-refractivity contribution in [3.8, 4) is 5.75 Å². The lowest BCUT2D eigenvalue weighted by atomic mass is 9.80. The van der Waals surface area contributed by atoms with Gasteiger partial charge in [0.2, 0.25) is 0 Å². The van der Waals surface area contributed by atoms with Gasteiger partial charge in [-0.3, -0.25) is 0 Å². The number of hydrogen-bond acceptors (Lipinski definition) is 3. The molecule has 1 fully saturated rings. The van der Waals surface area contributed by atoms with Crippen LogP contribution in [0.2, 0.25) is 0 Å². The molecule has 2 N–H and O–H groups in total. The summed E-state index contributed by atoms with van der Waals surface area (Å²) >= 11 is 0. The standard InChI is InChI=1S/C14H21FN2O/c1-17(9-11-5-12(16)6-11)8-10-3-4-14(18-2)13(15)7-10/h3-4,7,11-12H,5-6,8-9,16H2,1-2H3. The Morgan fingerprint density at radius 1 is 1.44 bits per heavy atom. The van der Waals surface area contributed by atoms with Gasteiger partial charge in [0, 0.05) is 19.1 Å². The fourth-order valence-electron chi connectivity index (χ4n) is 2.56. The second kappa shape index (κ2) is 5.67. The van der Waals surface area contributed by atoms with Crippen molar-refractivity contribution in [2.75, 3.05) is 20.7 Å². The van der Waals surface area contributed by atoms with Crippen molar-refractivity contribution >= 4 is 0 Å². The highest BCUT2D eigenvalue weighted by Gasteiger charge is 2.26. The quantitative estimate of drug-likeness (QED) is 0.871. The first-order valence-corrected chi connectivity index (χ1v) is 6.35. The lowest BCUT2D eigenvalue weighted by Gasteiger charge is -2.35. The maximum Gasteiger partial charge on any atom is 0.165 e. The van der Waals surface area contributed by atoms with Crippen LogP contribution in [0.3, 0.4) is 0 Å². The highest BCUT2D eigenvalue weighted by molar-refractivity contribution is 5.29. The average Bonchev–Trinajstić information content (AvgIpc) is 2.27. The molecule has 2 rings (SSSR count). The number of hydrogen-bond donors (Lipinski definition) is 1. The number of ether oxygens (including phenoxy) is 1. The largest absolute Gasteiger partial charge is 0.494 e. The van der Waals surface area contributed by atoms with Crippen molar-refractivity contribution in [1.29, 1.82) is 0 Å². The van der Waals surface area contributed by atoms with Gasteiger partial charge in [-0.2, -0.15) is 0 Å². The van der Waals surface area contributed by atoms with E-state index in [9.17, 15) is 4.39 Å². The third kappa shape index (κ3) is 3.21. The fraction of sp³-hybridized carbons (Fsp3) is 0.571. The van der Waals surface area contributed by atoms with E-state index >= 15 is 0 Å². The van der Waals surface area contributed by atoms with E-state index in [-0.39, 0.29) is 5.82 Å². The maximum absolute atomic E-state index is 13.5. The van der Waals surface area contributed by atoms with Crippen LogP contribution in [0.15, 0.2) is 18.2 Å². The average molecular weight is 252 g/mol. The summed E-state index contributed by atoms with van der Waals surface area (Å²) in [6.07, 6.45) is 2.22. The summed E-state index contributed by atoms with van der Waals surface area (Å²) in [6.45, 7) is 1.79. The van der Waals surface area contributed by atoms with Crippen molar-refractivity contribution in [1.82, 2.24) is 4.90 Å². The summed E-state index contributed by atoms with van der Waals surface area (Å²) in [6, 6.07) is 5.52. The van der Waals surface area contributed by atoms with Crippen molar-refractivity contribution in [2.45, 2.75) is 25.4 Å². The molecule has 4 heteroatoms. The lowest BCUT2D eigenvalue weighted by molar-refractivity contribution is 0.178. The first-order valence-electron chi connectivity index (χ1n) is 6.35. The molecule has 1 aliphatic carbocycles. The van der Waals surface area contributed by atoms with E-state index in [1.807, 2.05) is 6.07 Å². The first-order chi connectivity index (χ1) is 8.58. The topological polar surface area (TPSA) is 38.5 Å². The van der Waals surface area contributed by atoms with E-state index in [1.54, 1.807) is 12.1 Å². The Morgan fingerprint density at radius 2 is 2.17 bits per heavy atom. The molecule has 0 aromatic heterocycles. The molecule has 1 aromatic carbocycles. The highest BCUT2D eigenvalue weighted by Crippen LogP contribution is 2.26. The Bertz CT molecular complexity index is 405. The molecule has 0 saturated heterocycles. The van der Waals surface area contributed by atoms with Gasteiger partial charge in [0.15, 0.2) is 11.6 Å². The molecule has 0 unspecified atom stereocenters. The minimum atomic E-state index is -0.297. The zero-order valence-corrected chi connectivity index (χ0v) is 11.0. The second-order valence-corrected chi connectivity index (χ2v) is 5.26. The molecule has 0 radical (unpaired) electrons. The van der Waals surface area contributed by atoms with E-state index in [0.29, 0.717) is 17.7 Å². The van der Waals surface area contributed by atoms with Gasteiger partial charge in [-0.25, -0.2) is 4.39 Å². The van der Waals surface area contributed by atoms with Crippen LogP contribution in [0.5, 0.6) is 5.75 Å². The van der Waals surface area contributed by atoms with Crippen LogP contribution in [0.25, 0.3) is 0 Å². The first kappa shape index (κ1) is 13.3. The number of rotatable bonds is 5. The summed E-state index contributed by atoms with van der Waals surface area (Å²) in [5, 5.41) is 0. The molecule has 1 saturated carbocycles. The van der Waals surface area contributed by atoms with Crippen molar-refractivity contribution in [3.63, 3.8) is 0 Å². The molecule has 1 aliphatic rings. The summed E-state index contributed by atoms with van der Waals surface area (Å²) < 4.78 is 18.4. The number of benzene rings is 1. The monoisotopic (exact) mass is 252 g/mol. The van der Waals surface area contributed by atoms with Crippen LogP contribution in [0.4, 0.5) is 4.39 Å². The van der Waals surface area contributed by atoms with Gasteiger partial charge < -0.3 is 15.4 Å².